The van der Waals surface area contributed by atoms with Crippen LogP contribution < -0.4 is 5.32 Å². The minimum absolute atomic E-state index is 0.0406. The molecule has 0 bridgehead atoms. The summed E-state index contributed by atoms with van der Waals surface area (Å²) in [6.07, 6.45) is 1.69. The van der Waals surface area contributed by atoms with Crippen molar-refractivity contribution in [2.45, 2.75) is 13.0 Å². The van der Waals surface area contributed by atoms with Gasteiger partial charge in [0, 0.05) is 0 Å². The number of fused-ring (bicyclic) bond motifs is 1. The molecular formula is C16H14FN3. The summed E-state index contributed by atoms with van der Waals surface area (Å²) in [6, 6.07) is 14.2. The summed E-state index contributed by atoms with van der Waals surface area (Å²) < 4.78 is 13.2. The van der Waals surface area contributed by atoms with Gasteiger partial charge in [0.05, 0.1) is 23.3 Å². The van der Waals surface area contributed by atoms with E-state index < -0.39 is 0 Å². The average molecular weight is 267 g/mol. The lowest BCUT2D eigenvalue weighted by Crippen LogP contribution is -2.08. The van der Waals surface area contributed by atoms with Crippen LogP contribution in [0.2, 0.25) is 0 Å². The lowest BCUT2D eigenvalue weighted by Gasteiger charge is -2.15. The maximum atomic E-state index is 13.2. The summed E-state index contributed by atoms with van der Waals surface area (Å²) >= 11 is 0. The monoisotopic (exact) mass is 267 g/mol. The van der Waals surface area contributed by atoms with Crippen LogP contribution in [-0.2, 0) is 0 Å². The second-order valence-corrected chi connectivity index (χ2v) is 4.66. The van der Waals surface area contributed by atoms with Crippen molar-refractivity contribution in [3.63, 3.8) is 0 Å². The molecule has 0 aliphatic carbocycles. The van der Waals surface area contributed by atoms with Gasteiger partial charge in [0.2, 0.25) is 0 Å². The Kier molecular flexibility index (Phi) is 3.29. The standard InChI is InChI=1S/C16H14FN3/c1-11(12-5-4-6-13(17)9-12)19-16-10-18-14-7-2-3-8-15(14)20-16/h2-11H,1H3,(H,19,20). The number of rotatable bonds is 3. The predicted octanol–water partition coefficient (Wildman–Crippen LogP) is 3.94. The third-order valence-corrected chi connectivity index (χ3v) is 3.16. The van der Waals surface area contributed by atoms with E-state index >= 15 is 0 Å². The Labute approximate surface area is 116 Å². The molecule has 0 aliphatic rings. The highest BCUT2D eigenvalue weighted by atomic mass is 19.1. The van der Waals surface area contributed by atoms with E-state index in [-0.39, 0.29) is 11.9 Å². The number of nitrogens with zero attached hydrogens (tertiary/aromatic N) is 2. The van der Waals surface area contributed by atoms with Crippen molar-refractivity contribution in [1.29, 1.82) is 0 Å². The number of para-hydroxylation sites is 2. The summed E-state index contributed by atoms with van der Waals surface area (Å²) in [4.78, 5) is 8.84. The van der Waals surface area contributed by atoms with Crippen molar-refractivity contribution in [3.8, 4) is 0 Å². The largest absolute Gasteiger partial charge is 0.362 e. The number of benzene rings is 2. The zero-order chi connectivity index (χ0) is 13.9. The zero-order valence-electron chi connectivity index (χ0n) is 11.0. The second kappa shape index (κ2) is 5.25. The second-order valence-electron chi connectivity index (χ2n) is 4.66. The first kappa shape index (κ1) is 12.5. The lowest BCUT2D eigenvalue weighted by atomic mass is 10.1. The first-order valence-electron chi connectivity index (χ1n) is 6.46. The van der Waals surface area contributed by atoms with Crippen LogP contribution in [0.15, 0.2) is 54.7 Å². The minimum Gasteiger partial charge on any atom is -0.362 e. The number of aromatic nitrogens is 2. The molecular weight excluding hydrogens is 253 g/mol. The molecule has 0 radical (unpaired) electrons. The molecule has 0 fully saturated rings. The van der Waals surface area contributed by atoms with Crippen LogP contribution in [0.4, 0.5) is 10.2 Å². The van der Waals surface area contributed by atoms with E-state index in [9.17, 15) is 4.39 Å². The van der Waals surface area contributed by atoms with Gasteiger partial charge < -0.3 is 5.32 Å². The Morgan fingerprint density at radius 3 is 2.65 bits per heavy atom. The Bertz CT molecular complexity index is 742. The van der Waals surface area contributed by atoms with Crippen LogP contribution in [-0.4, -0.2) is 9.97 Å². The zero-order valence-corrected chi connectivity index (χ0v) is 11.0. The van der Waals surface area contributed by atoms with Crippen LogP contribution in [0.5, 0.6) is 0 Å². The smallest absolute Gasteiger partial charge is 0.145 e. The molecule has 0 saturated heterocycles. The van der Waals surface area contributed by atoms with E-state index in [4.69, 9.17) is 0 Å². The fraction of sp³-hybridized carbons (Fsp3) is 0.125. The lowest BCUT2D eigenvalue weighted by molar-refractivity contribution is 0.623. The molecule has 100 valence electrons. The van der Waals surface area contributed by atoms with Crippen molar-refractivity contribution in [1.82, 2.24) is 9.97 Å². The van der Waals surface area contributed by atoms with Gasteiger partial charge in [0.25, 0.3) is 0 Å². The molecule has 1 aromatic heterocycles. The van der Waals surface area contributed by atoms with Crippen molar-refractivity contribution >= 4 is 16.9 Å². The van der Waals surface area contributed by atoms with Crippen molar-refractivity contribution in [3.05, 3.63) is 66.1 Å². The predicted molar refractivity (Wildman–Crippen MR) is 78.0 cm³/mol. The molecule has 3 nitrogen and oxygen atoms in total. The highest BCUT2D eigenvalue weighted by Gasteiger charge is 2.07. The van der Waals surface area contributed by atoms with Gasteiger partial charge in [0.1, 0.15) is 11.6 Å². The minimum atomic E-state index is -0.235. The molecule has 2 aromatic carbocycles. The molecule has 0 aliphatic heterocycles. The van der Waals surface area contributed by atoms with E-state index in [1.165, 1.54) is 12.1 Å². The molecule has 20 heavy (non-hydrogen) atoms. The molecule has 4 heteroatoms. The van der Waals surface area contributed by atoms with Gasteiger partial charge in [-0.15, -0.1) is 0 Å². The van der Waals surface area contributed by atoms with Crippen LogP contribution in [0.1, 0.15) is 18.5 Å². The SMILES string of the molecule is CC(Nc1cnc2ccccc2n1)c1cccc(F)c1. The molecule has 1 unspecified atom stereocenters. The maximum absolute atomic E-state index is 13.2. The number of nitrogens with one attached hydrogen (secondary N) is 1. The molecule has 3 aromatic rings. The molecule has 0 amide bonds. The quantitative estimate of drug-likeness (QED) is 0.781. The van der Waals surface area contributed by atoms with Crippen molar-refractivity contribution in [2.24, 2.45) is 0 Å². The third kappa shape index (κ3) is 2.59. The summed E-state index contributed by atoms with van der Waals surface area (Å²) in [7, 11) is 0. The van der Waals surface area contributed by atoms with E-state index in [0.29, 0.717) is 5.82 Å². The van der Waals surface area contributed by atoms with Gasteiger partial charge >= 0.3 is 0 Å². The van der Waals surface area contributed by atoms with Crippen LogP contribution in [0.25, 0.3) is 11.0 Å². The molecule has 0 saturated carbocycles. The van der Waals surface area contributed by atoms with E-state index in [1.807, 2.05) is 37.3 Å². The Morgan fingerprint density at radius 2 is 1.85 bits per heavy atom. The maximum Gasteiger partial charge on any atom is 0.145 e. The Morgan fingerprint density at radius 1 is 1.05 bits per heavy atom. The first-order valence-corrected chi connectivity index (χ1v) is 6.46. The summed E-state index contributed by atoms with van der Waals surface area (Å²) in [6.45, 7) is 1.96. The van der Waals surface area contributed by atoms with Crippen LogP contribution in [0.3, 0.4) is 0 Å². The van der Waals surface area contributed by atoms with Crippen molar-refractivity contribution < 1.29 is 4.39 Å². The highest BCUT2D eigenvalue weighted by Crippen LogP contribution is 2.19. The first-order chi connectivity index (χ1) is 9.72. The van der Waals surface area contributed by atoms with E-state index in [2.05, 4.69) is 15.3 Å². The Balaban J connectivity index is 1.85. The van der Waals surface area contributed by atoms with Gasteiger partial charge in [-0.25, -0.2) is 9.37 Å². The fourth-order valence-corrected chi connectivity index (χ4v) is 2.11. The number of anilines is 1. The summed E-state index contributed by atoms with van der Waals surface area (Å²) in [5.74, 6) is 0.446. The summed E-state index contributed by atoms with van der Waals surface area (Å²) in [5.41, 5.74) is 2.57. The molecule has 1 heterocycles. The molecule has 0 spiro atoms. The normalized spacial score (nSPS) is 12.3. The third-order valence-electron chi connectivity index (χ3n) is 3.16. The molecule has 1 atom stereocenters. The van der Waals surface area contributed by atoms with Gasteiger partial charge in [-0.2, -0.15) is 0 Å². The van der Waals surface area contributed by atoms with Gasteiger partial charge in [0.15, 0.2) is 0 Å². The van der Waals surface area contributed by atoms with E-state index in [0.717, 1.165) is 16.6 Å². The Hall–Kier alpha value is -2.49. The highest BCUT2D eigenvalue weighted by molar-refractivity contribution is 5.75. The topological polar surface area (TPSA) is 37.8 Å². The average Bonchev–Trinajstić information content (AvgIpc) is 2.47. The number of hydrogen-bond acceptors (Lipinski definition) is 3. The van der Waals surface area contributed by atoms with Gasteiger partial charge in [-0.3, -0.25) is 4.98 Å². The molecule has 1 N–H and O–H groups in total. The summed E-state index contributed by atoms with van der Waals surface area (Å²) in [5, 5.41) is 3.24. The number of hydrogen-bond donors (Lipinski definition) is 1. The molecule has 3 rings (SSSR count). The van der Waals surface area contributed by atoms with Gasteiger partial charge in [-0.05, 0) is 36.8 Å². The van der Waals surface area contributed by atoms with Crippen LogP contribution in [0, 0.1) is 5.82 Å². The van der Waals surface area contributed by atoms with Gasteiger partial charge in [-0.1, -0.05) is 24.3 Å². The fourth-order valence-electron chi connectivity index (χ4n) is 2.11. The van der Waals surface area contributed by atoms with Crippen molar-refractivity contribution in [2.75, 3.05) is 5.32 Å². The van der Waals surface area contributed by atoms with E-state index in [1.54, 1.807) is 12.3 Å². The van der Waals surface area contributed by atoms with Crippen LogP contribution >= 0.6 is 0 Å². The number of halogens is 1.